The summed E-state index contributed by atoms with van der Waals surface area (Å²) in [7, 11) is 0. The second-order valence-electron chi connectivity index (χ2n) is 6.42. The Labute approximate surface area is 154 Å². The van der Waals surface area contributed by atoms with Gasteiger partial charge in [0.15, 0.2) is 0 Å². The number of carbonyl (C=O) groups is 2. The van der Waals surface area contributed by atoms with Crippen LogP contribution in [0.1, 0.15) is 30.9 Å². The Balaban J connectivity index is 1.72. The Kier molecular flexibility index (Phi) is 7.36. The lowest BCUT2D eigenvalue weighted by Gasteiger charge is -2.25. The van der Waals surface area contributed by atoms with E-state index in [4.69, 9.17) is 4.74 Å². The second-order valence-corrected chi connectivity index (χ2v) is 6.42. The molecule has 0 radical (unpaired) electrons. The Morgan fingerprint density at radius 3 is 2.27 bits per heavy atom. The minimum Gasteiger partial charge on any atom is -0.481 e. The molecule has 5 heteroatoms. The van der Waals surface area contributed by atoms with E-state index >= 15 is 0 Å². The first kappa shape index (κ1) is 19.7. The number of benzene rings is 2. The van der Waals surface area contributed by atoms with Crippen LogP contribution >= 0.6 is 0 Å². The highest BCUT2D eigenvalue weighted by molar-refractivity contribution is 5.83. The van der Waals surface area contributed by atoms with Gasteiger partial charge in [-0.2, -0.15) is 0 Å². The number of carboxylic acid groups (broad SMARTS) is 1. The molecule has 0 spiro atoms. The molecule has 0 aliphatic carbocycles. The molecule has 138 valence electrons. The van der Waals surface area contributed by atoms with Crippen LogP contribution in [0.3, 0.4) is 0 Å². The number of hydrogen-bond donors (Lipinski definition) is 2. The Morgan fingerprint density at radius 2 is 1.65 bits per heavy atom. The topological polar surface area (TPSA) is 75.6 Å². The summed E-state index contributed by atoms with van der Waals surface area (Å²) in [6, 6.07) is 18.8. The summed E-state index contributed by atoms with van der Waals surface area (Å²) < 4.78 is 5.55. The SMILES string of the molecule is CC(CNC(=O)CCCOCc1ccccc1)(C(=O)O)c1ccccc1. The second kappa shape index (κ2) is 9.73. The van der Waals surface area contributed by atoms with Gasteiger partial charge in [-0.15, -0.1) is 0 Å². The summed E-state index contributed by atoms with van der Waals surface area (Å²) in [6.07, 6.45) is 0.896. The maximum absolute atomic E-state index is 12.0. The molecule has 0 saturated heterocycles. The number of hydrogen-bond acceptors (Lipinski definition) is 3. The molecule has 0 aliphatic rings. The molecular formula is C21H25NO4. The molecule has 0 bridgehead atoms. The number of carbonyl (C=O) groups excluding carboxylic acids is 1. The van der Waals surface area contributed by atoms with E-state index in [1.165, 1.54) is 0 Å². The van der Waals surface area contributed by atoms with Crippen molar-refractivity contribution in [2.75, 3.05) is 13.2 Å². The predicted molar refractivity (Wildman–Crippen MR) is 99.8 cm³/mol. The third kappa shape index (κ3) is 5.70. The molecular weight excluding hydrogens is 330 g/mol. The lowest BCUT2D eigenvalue weighted by atomic mass is 9.82. The lowest BCUT2D eigenvalue weighted by molar-refractivity contribution is -0.143. The van der Waals surface area contributed by atoms with Gasteiger partial charge >= 0.3 is 5.97 Å². The van der Waals surface area contributed by atoms with Gasteiger partial charge < -0.3 is 15.2 Å². The van der Waals surface area contributed by atoms with Crippen LogP contribution in [0, 0.1) is 0 Å². The van der Waals surface area contributed by atoms with Crippen LogP contribution in [0.15, 0.2) is 60.7 Å². The van der Waals surface area contributed by atoms with Gasteiger partial charge in [0.2, 0.25) is 5.91 Å². The first-order valence-corrected chi connectivity index (χ1v) is 8.69. The molecule has 1 unspecified atom stereocenters. The number of amides is 1. The van der Waals surface area contributed by atoms with Crippen molar-refractivity contribution in [3.8, 4) is 0 Å². The quantitative estimate of drug-likeness (QED) is 0.642. The fourth-order valence-corrected chi connectivity index (χ4v) is 2.57. The van der Waals surface area contributed by atoms with Crippen molar-refractivity contribution < 1.29 is 19.4 Å². The molecule has 0 heterocycles. The van der Waals surface area contributed by atoms with Gasteiger partial charge in [-0.3, -0.25) is 9.59 Å². The number of rotatable bonds is 10. The van der Waals surface area contributed by atoms with Crippen molar-refractivity contribution in [1.82, 2.24) is 5.32 Å². The molecule has 26 heavy (non-hydrogen) atoms. The largest absolute Gasteiger partial charge is 0.481 e. The van der Waals surface area contributed by atoms with E-state index in [0.29, 0.717) is 31.6 Å². The van der Waals surface area contributed by atoms with Crippen LogP contribution in [-0.4, -0.2) is 30.1 Å². The highest BCUT2D eigenvalue weighted by Gasteiger charge is 2.35. The molecule has 2 aromatic rings. The first-order valence-electron chi connectivity index (χ1n) is 8.69. The predicted octanol–water partition coefficient (Wildman–Crippen LogP) is 3.14. The van der Waals surface area contributed by atoms with E-state index < -0.39 is 11.4 Å². The molecule has 2 aromatic carbocycles. The van der Waals surface area contributed by atoms with Crippen LogP contribution in [0.4, 0.5) is 0 Å². The van der Waals surface area contributed by atoms with Crippen LogP contribution < -0.4 is 5.32 Å². The number of aliphatic carboxylic acids is 1. The van der Waals surface area contributed by atoms with Gasteiger partial charge in [0.05, 0.1) is 6.61 Å². The summed E-state index contributed by atoms with van der Waals surface area (Å²) in [6.45, 7) is 2.68. The highest BCUT2D eigenvalue weighted by atomic mass is 16.5. The van der Waals surface area contributed by atoms with Crippen LogP contribution in [0.2, 0.25) is 0 Å². The smallest absolute Gasteiger partial charge is 0.315 e. The van der Waals surface area contributed by atoms with E-state index in [1.54, 1.807) is 31.2 Å². The molecule has 0 saturated carbocycles. The third-order valence-corrected chi connectivity index (χ3v) is 4.33. The van der Waals surface area contributed by atoms with Crippen LogP contribution in [-0.2, 0) is 26.3 Å². The monoisotopic (exact) mass is 355 g/mol. The summed E-state index contributed by atoms with van der Waals surface area (Å²) >= 11 is 0. The fraction of sp³-hybridized carbons (Fsp3) is 0.333. The molecule has 1 atom stereocenters. The number of carboxylic acids is 1. The van der Waals surface area contributed by atoms with E-state index in [-0.39, 0.29) is 12.5 Å². The van der Waals surface area contributed by atoms with Gasteiger partial charge in [0.1, 0.15) is 5.41 Å². The number of nitrogens with one attached hydrogen (secondary N) is 1. The Morgan fingerprint density at radius 1 is 1.04 bits per heavy atom. The van der Waals surface area contributed by atoms with Crippen LogP contribution in [0.5, 0.6) is 0 Å². The third-order valence-electron chi connectivity index (χ3n) is 4.33. The van der Waals surface area contributed by atoms with Crippen molar-refractivity contribution in [1.29, 1.82) is 0 Å². The molecule has 1 amide bonds. The minimum absolute atomic E-state index is 0.0516. The highest BCUT2D eigenvalue weighted by Crippen LogP contribution is 2.23. The fourth-order valence-electron chi connectivity index (χ4n) is 2.57. The van der Waals surface area contributed by atoms with Crippen LogP contribution in [0.25, 0.3) is 0 Å². The number of ether oxygens (including phenoxy) is 1. The van der Waals surface area contributed by atoms with Crippen molar-refractivity contribution >= 4 is 11.9 Å². The van der Waals surface area contributed by atoms with E-state index in [9.17, 15) is 14.7 Å². The summed E-state index contributed by atoms with van der Waals surface area (Å²) in [5.74, 6) is -1.13. The zero-order valence-electron chi connectivity index (χ0n) is 15.0. The van der Waals surface area contributed by atoms with E-state index in [2.05, 4.69) is 5.32 Å². The van der Waals surface area contributed by atoms with Crippen molar-refractivity contribution in [3.05, 3.63) is 71.8 Å². The molecule has 0 aliphatic heterocycles. The average Bonchev–Trinajstić information content (AvgIpc) is 2.67. The minimum atomic E-state index is -1.15. The average molecular weight is 355 g/mol. The van der Waals surface area contributed by atoms with Gasteiger partial charge in [0, 0.05) is 19.6 Å². The van der Waals surface area contributed by atoms with Gasteiger partial charge in [-0.25, -0.2) is 0 Å². The molecule has 2 N–H and O–H groups in total. The molecule has 0 aromatic heterocycles. The van der Waals surface area contributed by atoms with Crippen molar-refractivity contribution in [3.63, 3.8) is 0 Å². The standard InChI is InChI=1S/C21H25NO4/c1-21(20(24)25,18-11-6-3-7-12-18)16-22-19(23)13-8-14-26-15-17-9-4-2-5-10-17/h2-7,9-12H,8,13-16H2,1H3,(H,22,23)(H,24,25). The van der Waals surface area contributed by atoms with E-state index in [1.807, 2.05) is 36.4 Å². The van der Waals surface area contributed by atoms with Gasteiger partial charge in [0.25, 0.3) is 0 Å². The zero-order valence-corrected chi connectivity index (χ0v) is 15.0. The molecule has 2 rings (SSSR count). The maximum Gasteiger partial charge on any atom is 0.315 e. The van der Waals surface area contributed by atoms with E-state index in [0.717, 1.165) is 5.56 Å². The van der Waals surface area contributed by atoms with Crippen molar-refractivity contribution in [2.24, 2.45) is 0 Å². The summed E-state index contributed by atoms with van der Waals surface area (Å²) in [5, 5.41) is 12.3. The van der Waals surface area contributed by atoms with Gasteiger partial charge in [-0.1, -0.05) is 60.7 Å². The summed E-state index contributed by atoms with van der Waals surface area (Å²) in [5.41, 5.74) is 0.608. The normalized spacial score (nSPS) is 13.0. The maximum atomic E-state index is 12.0. The van der Waals surface area contributed by atoms with Crippen molar-refractivity contribution in [2.45, 2.75) is 31.8 Å². The Bertz CT molecular complexity index is 702. The van der Waals surface area contributed by atoms with Gasteiger partial charge in [-0.05, 0) is 24.5 Å². The summed E-state index contributed by atoms with van der Waals surface area (Å²) in [4.78, 5) is 23.7. The first-order chi connectivity index (χ1) is 12.5. The Hall–Kier alpha value is -2.66. The zero-order chi connectivity index (χ0) is 18.8. The molecule has 5 nitrogen and oxygen atoms in total. The lowest BCUT2D eigenvalue weighted by Crippen LogP contribution is -2.44. The molecule has 0 fully saturated rings.